The molecule has 1 fully saturated rings. The van der Waals surface area contributed by atoms with Crippen LogP contribution in [-0.2, 0) is 0 Å². The molecule has 0 aliphatic carbocycles. The van der Waals surface area contributed by atoms with E-state index in [2.05, 4.69) is 21.7 Å². The average molecular weight is 494 g/mol. The van der Waals surface area contributed by atoms with Gasteiger partial charge in [-0.05, 0) is 73.8 Å². The van der Waals surface area contributed by atoms with Gasteiger partial charge in [0.2, 0.25) is 0 Å². The zero-order chi connectivity index (χ0) is 24.8. The van der Waals surface area contributed by atoms with Crippen LogP contribution in [0.25, 0.3) is 10.9 Å². The Morgan fingerprint density at radius 2 is 2.06 bits per heavy atom. The first-order chi connectivity index (χ1) is 16.9. The molecule has 2 aromatic heterocycles. The largest absolute Gasteiger partial charge is 0.497 e. The number of rotatable bonds is 8. The summed E-state index contributed by atoms with van der Waals surface area (Å²) in [5.41, 5.74) is 2.43. The summed E-state index contributed by atoms with van der Waals surface area (Å²) in [6, 6.07) is 9.83. The zero-order valence-electron chi connectivity index (χ0n) is 20.8. The van der Waals surface area contributed by atoms with Gasteiger partial charge in [0.15, 0.2) is 0 Å². The van der Waals surface area contributed by atoms with Gasteiger partial charge in [-0.1, -0.05) is 17.9 Å². The van der Waals surface area contributed by atoms with Crippen molar-refractivity contribution >= 4 is 27.9 Å². The third kappa shape index (κ3) is 5.96. The third-order valence-corrected chi connectivity index (χ3v) is 7.93. The second kappa shape index (κ2) is 11.4. The molecule has 2 N–H and O–H groups in total. The first kappa shape index (κ1) is 25.5. The molecule has 186 valence electrons. The molecule has 7 heteroatoms. The number of benzene rings is 1. The molecule has 0 spiro atoms. The van der Waals surface area contributed by atoms with Gasteiger partial charge in [0.25, 0.3) is 0 Å². The van der Waals surface area contributed by atoms with Crippen LogP contribution in [0.15, 0.2) is 41.9 Å². The van der Waals surface area contributed by atoms with Gasteiger partial charge in [-0.2, -0.15) is 0 Å². The fourth-order valence-electron chi connectivity index (χ4n) is 4.86. The second-order valence-electron chi connectivity index (χ2n) is 9.60. The highest BCUT2D eigenvalue weighted by molar-refractivity contribution is 7.10. The number of aliphatic hydroxyl groups excluding tert-OH is 2. The van der Waals surface area contributed by atoms with Gasteiger partial charge in [-0.15, -0.1) is 11.3 Å². The van der Waals surface area contributed by atoms with Crippen LogP contribution in [0.5, 0.6) is 5.75 Å². The highest BCUT2D eigenvalue weighted by atomic mass is 32.1. The Labute approximate surface area is 212 Å². The van der Waals surface area contributed by atoms with E-state index < -0.39 is 6.10 Å². The molecule has 0 unspecified atom stereocenters. The smallest absolute Gasteiger partial charge is 0.119 e. The maximum atomic E-state index is 11.4. The number of fused-ring (bicyclic) bond motifs is 1. The number of pyridine rings is 1. The third-order valence-electron chi connectivity index (χ3n) is 7.15. The molecule has 0 bridgehead atoms. The van der Waals surface area contributed by atoms with Crippen molar-refractivity contribution in [2.45, 2.75) is 31.8 Å². The first-order valence-electron chi connectivity index (χ1n) is 12.1. The number of ether oxygens (including phenoxy) is 1. The summed E-state index contributed by atoms with van der Waals surface area (Å²) < 4.78 is 5.44. The van der Waals surface area contributed by atoms with Crippen LogP contribution in [0.4, 0.5) is 5.69 Å². The Bertz CT molecular complexity index is 1180. The maximum Gasteiger partial charge on any atom is 0.119 e. The lowest BCUT2D eigenvalue weighted by Crippen LogP contribution is -2.42. The Balaban J connectivity index is 1.44. The summed E-state index contributed by atoms with van der Waals surface area (Å²) >= 11 is 1.66. The summed E-state index contributed by atoms with van der Waals surface area (Å²) in [5, 5.41) is 24.7. The number of anilines is 1. The van der Waals surface area contributed by atoms with Gasteiger partial charge in [-0.3, -0.25) is 9.88 Å². The number of thiophene rings is 1. The fourth-order valence-corrected chi connectivity index (χ4v) is 5.46. The molecular weight excluding hydrogens is 458 g/mol. The number of nitrogens with zero attached hydrogens (tertiary/aromatic N) is 3. The minimum Gasteiger partial charge on any atom is -0.497 e. The first-order valence-corrected chi connectivity index (χ1v) is 13.0. The Kier molecular flexibility index (Phi) is 8.30. The lowest BCUT2D eigenvalue weighted by Gasteiger charge is -2.40. The highest BCUT2D eigenvalue weighted by Gasteiger charge is 2.34. The van der Waals surface area contributed by atoms with Crippen LogP contribution in [-0.4, -0.2) is 67.5 Å². The minimum atomic E-state index is -0.664. The predicted molar refractivity (Wildman–Crippen MR) is 143 cm³/mol. The van der Waals surface area contributed by atoms with Crippen molar-refractivity contribution in [3.05, 3.63) is 52.3 Å². The van der Waals surface area contributed by atoms with Gasteiger partial charge in [-0.25, -0.2) is 0 Å². The molecule has 1 aliphatic rings. The molecule has 0 saturated carbocycles. The molecule has 4 rings (SSSR count). The van der Waals surface area contributed by atoms with E-state index in [4.69, 9.17) is 4.74 Å². The molecule has 1 aliphatic heterocycles. The SMILES string of the molecule is COc1ccc2ncc(N(C)C)c([C@@H](O)CCC3(CO)CCN(CC#Cc4cccs4)CC3)c2c1. The normalized spacial score (nSPS) is 16.5. The van der Waals surface area contributed by atoms with Crippen molar-refractivity contribution in [1.82, 2.24) is 9.88 Å². The van der Waals surface area contributed by atoms with Crippen molar-refractivity contribution in [1.29, 1.82) is 0 Å². The summed E-state index contributed by atoms with van der Waals surface area (Å²) in [6.45, 7) is 2.71. The lowest BCUT2D eigenvalue weighted by atomic mass is 9.74. The molecule has 1 saturated heterocycles. The van der Waals surface area contributed by atoms with Gasteiger partial charge >= 0.3 is 0 Å². The number of likely N-dealkylation sites (tertiary alicyclic amines) is 1. The van der Waals surface area contributed by atoms with Crippen molar-refractivity contribution in [3.8, 4) is 17.6 Å². The van der Waals surface area contributed by atoms with E-state index in [1.165, 1.54) is 0 Å². The summed E-state index contributed by atoms with van der Waals surface area (Å²) in [5.74, 6) is 7.25. The average Bonchev–Trinajstić information content (AvgIpc) is 3.40. The number of aliphatic hydroxyl groups is 2. The number of hydrogen-bond acceptors (Lipinski definition) is 7. The Morgan fingerprint density at radius 1 is 1.26 bits per heavy atom. The van der Waals surface area contributed by atoms with E-state index >= 15 is 0 Å². The van der Waals surface area contributed by atoms with Crippen LogP contribution >= 0.6 is 11.3 Å². The quantitative estimate of drug-likeness (QED) is 0.456. The molecule has 35 heavy (non-hydrogen) atoms. The summed E-state index contributed by atoms with van der Waals surface area (Å²) in [4.78, 5) is 10.0. The number of methoxy groups -OCH3 is 1. The molecule has 3 aromatic rings. The molecule has 0 amide bonds. The minimum absolute atomic E-state index is 0.139. The van der Waals surface area contributed by atoms with Crippen LogP contribution < -0.4 is 9.64 Å². The standard InChI is InChI=1S/C28H35N3O3S/c1-30(2)25-19-29-24-9-8-21(34-3)18-23(24)27(25)26(33)10-11-28(20-32)12-15-31(16-13-28)14-4-6-22-7-5-17-35-22/h5,7-9,17-19,26,32-33H,10-16,20H2,1-3H3/t26-/m0/s1. The van der Waals surface area contributed by atoms with Gasteiger partial charge in [0, 0.05) is 31.7 Å². The van der Waals surface area contributed by atoms with Crippen LogP contribution in [0.3, 0.4) is 0 Å². The molecule has 3 heterocycles. The molecule has 1 aromatic carbocycles. The Hall–Kier alpha value is -2.63. The van der Waals surface area contributed by atoms with Crippen molar-refractivity contribution < 1.29 is 14.9 Å². The van der Waals surface area contributed by atoms with Crippen molar-refractivity contribution in [2.24, 2.45) is 5.41 Å². The molecular formula is C28H35N3O3S. The van der Waals surface area contributed by atoms with Crippen LogP contribution in [0, 0.1) is 17.3 Å². The highest BCUT2D eigenvalue weighted by Crippen LogP contribution is 2.41. The fraction of sp³-hybridized carbons (Fsp3) is 0.464. The van der Waals surface area contributed by atoms with E-state index in [1.807, 2.05) is 60.9 Å². The van der Waals surface area contributed by atoms with E-state index in [-0.39, 0.29) is 12.0 Å². The van der Waals surface area contributed by atoms with Gasteiger partial charge in [0.1, 0.15) is 5.75 Å². The van der Waals surface area contributed by atoms with Crippen molar-refractivity contribution in [3.63, 3.8) is 0 Å². The predicted octanol–water partition coefficient (Wildman–Crippen LogP) is 4.31. The zero-order valence-corrected chi connectivity index (χ0v) is 21.6. The van der Waals surface area contributed by atoms with E-state index in [0.29, 0.717) is 6.42 Å². The lowest BCUT2D eigenvalue weighted by molar-refractivity contribution is 0.0274. The topological polar surface area (TPSA) is 69.1 Å². The van der Waals surface area contributed by atoms with E-state index in [0.717, 1.165) is 71.7 Å². The number of aromatic nitrogens is 1. The molecule has 0 radical (unpaired) electrons. The van der Waals surface area contributed by atoms with Crippen molar-refractivity contribution in [2.75, 3.05) is 52.3 Å². The molecule has 1 atom stereocenters. The molecule has 6 nitrogen and oxygen atoms in total. The van der Waals surface area contributed by atoms with Crippen LogP contribution in [0.1, 0.15) is 42.2 Å². The van der Waals surface area contributed by atoms with Gasteiger partial charge in [0.05, 0.1) is 42.0 Å². The van der Waals surface area contributed by atoms with Gasteiger partial charge < -0.3 is 19.8 Å². The number of piperidine rings is 1. The van der Waals surface area contributed by atoms with E-state index in [9.17, 15) is 10.2 Å². The second-order valence-corrected chi connectivity index (χ2v) is 10.6. The van der Waals surface area contributed by atoms with Crippen LogP contribution in [0.2, 0.25) is 0 Å². The number of hydrogen-bond donors (Lipinski definition) is 2. The Morgan fingerprint density at radius 3 is 2.71 bits per heavy atom. The summed E-state index contributed by atoms with van der Waals surface area (Å²) in [6.07, 6.45) is 4.31. The monoisotopic (exact) mass is 493 g/mol. The summed E-state index contributed by atoms with van der Waals surface area (Å²) in [7, 11) is 5.57. The maximum absolute atomic E-state index is 11.4. The van der Waals surface area contributed by atoms with E-state index in [1.54, 1.807) is 18.4 Å².